The number of nitrogens with one attached hydrogen (secondary N) is 1. The average molecular weight is 289 g/mol. The summed E-state index contributed by atoms with van der Waals surface area (Å²) in [5.74, 6) is 0.566. The van der Waals surface area contributed by atoms with Crippen LogP contribution in [-0.4, -0.2) is 17.1 Å². The van der Waals surface area contributed by atoms with Gasteiger partial charge in [0.1, 0.15) is 12.1 Å². The number of para-hydroxylation sites is 1. The minimum absolute atomic E-state index is 0.209. The second-order valence-corrected chi connectivity index (χ2v) is 5.80. The van der Waals surface area contributed by atoms with Gasteiger partial charge in [-0.1, -0.05) is 39.0 Å². The van der Waals surface area contributed by atoms with Crippen LogP contribution >= 0.6 is 0 Å². The number of anilines is 1. The highest BCUT2D eigenvalue weighted by Crippen LogP contribution is 2.26. The van der Waals surface area contributed by atoms with E-state index >= 15 is 0 Å². The first-order valence-corrected chi connectivity index (χ1v) is 6.80. The molecule has 5 heteroatoms. The van der Waals surface area contributed by atoms with Crippen molar-refractivity contribution >= 4 is 5.82 Å². The van der Waals surface area contributed by atoms with Crippen molar-refractivity contribution in [1.29, 1.82) is 0 Å². The average Bonchev–Trinajstić information content (AvgIpc) is 2.45. The van der Waals surface area contributed by atoms with Crippen molar-refractivity contribution in [2.24, 2.45) is 0 Å². The topological polar surface area (TPSA) is 47.0 Å². The SMILES string of the molecule is COc1ccccc1CNc1ncnc(C(C)(C)C)c1F. The number of halogens is 1. The Kier molecular flexibility index (Phi) is 4.40. The van der Waals surface area contributed by atoms with Crippen LogP contribution in [0.15, 0.2) is 30.6 Å². The molecule has 0 bridgehead atoms. The summed E-state index contributed by atoms with van der Waals surface area (Å²) >= 11 is 0. The fourth-order valence-electron chi connectivity index (χ4n) is 2.04. The highest BCUT2D eigenvalue weighted by molar-refractivity contribution is 5.42. The van der Waals surface area contributed by atoms with Crippen molar-refractivity contribution in [3.63, 3.8) is 0 Å². The fourth-order valence-corrected chi connectivity index (χ4v) is 2.04. The summed E-state index contributed by atoms with van der Waals surface area (Å²) < 4.78 is 19.7. The standard InChI is InChI=1S/C16H20FN3O/c1-16(2,3)14-13(17)15(20-10-19-14)18-9-11-7-5-6-8-12(11)21-4/h5-8,10H,9H2,1-4H3,(H,18,19,20). The van der Waals surface area contributed by atoms with E-state index in [0.717, 1.165) is 11.3 Å². The molecule has 1 heterocycles. The molecule has 2 aromatic rings. The third-order valence-corrected chi connectivity index (χ3v) is 3.14. The molecule has 2 rings (SSSR count). The second-order valence-electron chi connectivity index (χ2n) is 5.80. The molecule has 0 radical (unpaired) electrons. The Bertz CT molecular complexity index is 623. The molecule has 0 amide bonds. The Morgan fingerprint density at radius 2 is 1.90 bits per heavy atom. The molecule has 0 aliphatic carbocycles. The zero-order valence-corrected chi connectivity index (χ0v) is 12.8. The van der Waals surface area contributed by atoms with Crippen molar-refractivity contribution in [1.82, 2.24) is 9.97 Å². The van der Waals surface area contributed by atoms with Crippen LogP contribution in [0, 0.1) is 5.82 Å². The maximum Gasteiger partial charge on any atom is 0.187 e. The second kappa shape index (κ2) is 6.08. The largest absolute Gasteiger partial charge is 0.496 e. The van der Waals surface area contributed by atoms with E-state index in [1.165, 1.54) is 6.33 Å². The van der Waals surface area contributed by atoms with Crippen LogP contribution in [-0.2, 0) is 12.0 Å². The van der Waals surface area contributed by atoms with E-state index in [2.05, 4.69) is 15.3 Å². The molecular weight excluding hydrogens is 269 g/mol. The van der Waals surface area contributed by atoms with Gasteiger partial charge in [0.15, 0.2) is 11.6 Å². The molecule has 4 nitrogen and oxygen atoms in total. The molecule has 0 spiro atoms. The minimum atomic E-state index is -0.403. The number of benzene rings is 1. The quantitative estimate of drug-likeness (QED) is 0.935. The van der Waals surface area contributed by atoms with Gasteiger partial charge in [0.25, 0.3) is 0 Å². The van der Waals surface area contributed by atoms with Crippen molar-refractivity contribution in [2.75, 3.05) is 12.4 Å². The molecule has 0 aliphatic heterocycles. The zero-order chi connectivity index (χ0) is 15.5. The molecule has 0 saturated heterocycles. The van der Waals surface area contributed by atoms with Crippen molar-refractivity contribution in [2.45, 2.75) is 32.7 Å². The predicted molar refractivity (Wildman–Crippen MR) is 81.0 cm³/mol. The maximum absolute atomic E-state index is 14.4. The molecule has 0 fully saturated rings. The highest BCUT2D eigenvalue weighted by Gasteiger charge is 2.23. The van der Waals surface area contributed by atoms with Gasteiger partial charge in [0.05, 0.1) is 12.8 Å². The number of hydrogen-bond donors (Lipinski definition) is 1. The van der Waals surface area contributed by atoms with Crippen LogP contribution in [0.2, 0.25) is 0 Å². The monoisotopic (exact) mass is 289 g/mol. The Morgan fingerprint density at radius 1 is 1.19 bits per heavy atom. The van der Waals surface area contributed by atoms with Gasteiger partial charge in [-0.3, -0.25) is 0 Å². The van der Waals surface area contributed by atoms with Gasteiger partial charge in [-0.25, -0.2) is 14.4 Å². The Labute approximate surface area is 124 Å². The normalized spacial score (nSPS) is 11.3. The summed E-state index contributed by atoms with van der Waals surface area (Å²) in [6, 6.07) is 7.60. The lowest BCUT2D eigenvalue weighted by atomic mass is 9.91. The lowest BCUT2D eigenvalue weighted by molar-refractivity contribution is 0.410. The minimum Gasteiger partial charge on any atom is -0.496 e. The number of rotatable bonds is 4. The maximum atomic E-state index is 14.4. The molecule has 112 valence electrons. The third kappa shape index (κ3) is 3.48. The Balaban J connectivity index is 2.21. The van der Waals surface area contributed by atoms with Gasteiger partial charge in [0, 0.05) is 17.5 Å². The number of aromatic nitrogens is 2. The summed E-state index contributed by atoms with van der Waals surface area (Å²) in [7, 11) is 1.61. The van der Waals surface area contributed by atoms with Crippen molar-refractivity contribution in [3.8, 4) is 5.75 Å². The molecule has 0 aliphatic rings. The lowest BCUT2D eigenvalue weighted by Gasteiger charge is -2.19. The molecule has 0 atom stereocenters. The Hall–Kier alpha value is -2.17. The first-order chi connectivity index (χ1) is 9.93. The number of methoxy groups -OCH3 is 1. The van der Waals surface area contributed by atoms with E-state index < -0.39 is 5.82 Å². The number of ether oxygens (including phenoxy) is 1. The molecule has 21 heavy (non-hydrogen) atoms. The number of hydrogen-bond acceptors (Lipinski definition) is 4. The van der Waals surface area contributed by atoms with Crippen LogP contribution in [0.25, 0.3) is 0 Å². The van der Waals surface area contributed by atoms with Crippen molar-refractivity contribution in [3.05, 3.63) is 47.7 Å². The summed E-state index contributed by atoms with van der Waals surface area (Å²) in [5, 5.41) is 3.01. The smallest absolute Gasteiger partial charge is 0.187 e. The van der Waals surface area contributed by atoms with E-state index in [1.807, 2.05) is 45.0 Å². The predicted octanol–water partition coefficient (Wildman–Crippen LogP) is 3.53. The first kappa shape index (κ1) is 15.2. The molecular formula is C16H20FN3O. The molecule has 0 unspecified atom stereocenters. The molecule has 1 aromatic heterocycles. The lowest BCUT2D eigenvalue weighted by Crippen LogP contribution is -2.18. The number of nitrogens with zero attached hydrogens (tertiary/aromatic N) is 2. The summed E-state index contributed by atoms with van der Waals surface area (Å²) in [5.41, 5.74) is 0.976. The molecule has 0 saturated carbocycles. The summed E-state index contributed by atoms with van der Waals surface area (Å²) in [6.07, 6.45) is 1.38. The van der Waals surface area contributed by atoms with E-state index in [1.54, 1.807) is 7.11 Å². The zero-order valence-electron chi connectivity index (χ0n) is 12.8. The van der Waals surface area contributed by atoms with Gasteiger partial charge in [-0.2, -0.15) is 0 Å². The van der Waals surface area contributed by atoms with Gasteiger partial charge >= 0.3 is 0 Å². The summed E-state index contributed by atoms with van der Waals surface area (Å²) in [4.78, 5) is 8.03. The van der Waals surface area contributed by atoms with E-state index in [4.69, 9.17) is 4.74 Å². The van der Waals surface area contributed by atoms with Crippen molar-refractivity contribution < 1.29 is 9.13 Å². The third-order valence-electron chi connectivity index (χ3n) is 3.14. The van der Waals surface area contributed by atoms with Crippen LogP contribution in [0.4, 0.5) is 10.2 Å². The van der Waals surface area contributed by atoms with E-state index in [9.17, 15) is 4.39 Å². The molecule has 1 N–H and O–H groups in total. The highest BCUT2D eigenvalue weighted by atomic mass is 19.1. The van der Waals surface area contributed by atoms with Crippen LogP contribution in [0.3, 0.4) is 0 Å². The van der Waals surface area contributed by atoms with Crippen LogP contribution in [0.5, 0.6) is 5.75 Å². The Morgan fingerprint density at radius 3 is 2.57 bits per heavy atom. The molecule has 1 aromatic carbocycles. The van der Waals surface area contributed by atoms with Gasteiger partial charge in [-0.15, -0.1) is 0 Å². The van der Waals surface area contributed by atoms with Crippen LogP contribution in [0.1, 0.15) is 32.0 Å². The van der Waals surface area contributed by atoms with Gasteiger partial charge < -0.3 is 10.1 Å². The van der Waals surface area contributed by atoms with Crippen LogP contribution < -0.4 is 10.1 Å². The van der Waals surface area contributed by atoms with Gasteiger partial charge in [-0.05, 0) is 6.07 Å². The van der Waals surface area contributed by atoms with E-state index in [0.29, 0.717) is 12.2 Å². The summed E-state index contributed by atoms with van der Waals surface area (Å²) in [6.45, 7) is 6.19. The van der Waals surface area contributed by atoms with Gasteiger partial charge in [0.2, 0.25) is 0 Å². The first-order valence-electron chi connectivity index (χ1n) is 6.80. The fraction of sp³-hybridized carbons (Fsp3) is 0.375. The van der Waals surface area contributed by atoms with E-state index in [-0.39, 0.29) is 11.2 Å².